The lowest BCUT2D eigenvalue weighted by molar-refractivity contribution is -0.238. The number of alkyl halides is 3. The van der Waals surface area contributed by atoms with Crippen molar-refractivity contribution in [3.8, 4) is 0 Å². The van der Waals surface area contributed by atoms with Crippen molar-refractivity contribution in [1.82, 2.24) is 4.90 Å². The molecule has 0 unspecified atom stereocenters. The molecule has 1 aromatic rings. The van der Waals surface area contributed by atoms with Crippen molar-refractivity contribution in [3.05, 3.63) is 35.9 Å². The highest BCUT2D eigenvalue weighted by Gasteiger charge is 2.58. The molecule has 30 heavy (non-hydrogen) atoms. The summed E-state index contributed by atoms with van der Waals surface area (Å²) >= 11 is 0. The van der Waals surface area contributed by atoms with Crippen LogP contribution in [0.2, 0.25) is 0 Å². The van der Waals surface area contributed by atoms with Crippen LogP contribution in [0.15, 0.2) is 30.3 Å². The highest BCUT2D eigenvalue weighted by atomic mass is 19.4. The van der Waals surface area contributed by atoms with Crippen molar-refractivity contribution >= 4 is 17.9 Å². The summed E-state index contributed by atoms with van der Waals surface area (Å²) in [7, 11) is 0. The van der Waals surface area contributed by atoms with Crippen LogP contribution in [-0.2, 0) is 35.1 Å². The zero-order valence-corrected chi connectivity index (χ0v) is 16.8. The maximum atomic E-state index is 14.0. The molecule has 1 saturated heterocycles. The van der Waals surface area contributed by atoms with E-state index in [-0.39, 0.29) is 13.2 Å². The van der Waals surface area contributed by atoms with E-state index in [2.05, 4.69) is 0 Å². The second-order valence-electron chi connectivity index (χ2n) is 6.87. The van der Waals surface area contributed by atoms with Gasteiger partial charge in [-0.05, 0) is 12.5 Å². The van der Waals surface area contributed by atoms with Crippen molar-refractivity contribution in [1.29, 1.82) is 0 Å². The van der Waals surface area contributed by atoms with Crippen LogP contribution in [0, 0.1) is 0 Å². The molecule has 10 heteroatoms. The molecular weight excluding hydrogens is 407 g/mol. The molecule has 1 aliphatic heterocycles. The average molecular weight is 431 g/mol. The number of carbonyl (C=O) groups is 3. The van der Waals surface area contributed by atoms with Crippen molar-refractivity contribution in [3.63, 3.8) is 0 Å². The van der Waals surface area contributed by atoms with Gasteiger partial charge in [0.15, 0.2) is 12.1 Å². The Hall–Kier alpha value is -2.62. The summed E-state index contributed by atoms with van der Waals surface area (Å²) in [6.45, 7) is 3.26. The van der Waals surface area contributed by atoms with E-state index in [1.54, 1.807) is 30.3 Å². The molecule has 0 aliphatic carbocycles. The summed E-state index contributed by atoms with van der Waals surface area (Å²) in [5.74, 6) is -2.67. The van der Waals surface area contributed by atoms with E-state index in [9.17, 15) is 27.6 Å². The summed E-state index contributed by atoms with van der Waals surface area (Å²) < 4.78 is 57.1. The number of benzene rings is 1. The van der Waals surface area contributed by atoms with E-state index in [4.69, 9.17) is 14.2 Å². The molecule has 166 valence electrons. The fraction of sp³-hybridized carbons (Fsp3) is 0.550. The number of rotatable bonds is 6. The Labute approximate surface area is 172 Å². The molecular formula is C20H24F3NO6. The lowest BCUT2D eigenvalue weighted by Gasteiger charge is -2.47. The molecule has 0 bridgehead atoms. The minimum Gasteiger partial charge on any atom is -0.465 e. The topological polar surface area (TPSA) is 82.1 Å². The molecule has 7 nitrogen and oxygen atoms in total. The molecule has 2 rings (SSSR count). The first-order valence-electron chi connectivity index (χ1n) is 9.42. The van der Waals surface area contributed by atoms with Crippen molar-refractivity contribution in [2.75, 3.05) is 6.61 Å². The monoisotopic (exact) mass is 431 g/mol. The Balaban J connectivity index is 2.56. The van der Waals surface area contributed by atoms with Crippen LogP contribution in [0.4, 0.5) is 13.2 Å². The maximum absolute atomic E-state index is 14.0. The molecule has 0 saturated carbocycles. The Kier molecular flexibility index (Phi) is 7.83. The summed E-state index contributed by atoms with van der Waals surface area (Å²) in [4.78, 5) is 36.8. The second-order valence-corrected chi connectivity index (χ2v) is 6.87. The van der Waals surface area contributed by atoms with Crippen LogP contribution in [-0.4, -0.2) is 59.9 Å². The lowest BCUT2D eigenvalue weighted by atomic mass is 9.88. The molecule has 0 spiro atoms. The molecule has 1 aliphatic rings. The van der Waals surface area contributed by atoms with Gasteiger partial charge >= 0.3 is 24.1 Å². The van der Waals surface area contributed by atoms with Crippen LogP contribution >= 0.6 is 0 Å². The van der Waals surface area contributed by atoms with E-state index in [0.29, 0.717) is 5.56 Å². The summed E-state index contributed by atoms with van der Waals surface area (Å²) in [6.07, 6.45) is -8.34. The number of halogens is 3. The smallest absolute Gasteiger partial charge is 0.404 e. The van der Waals surface area contributed by atoms with Gasteiger partial charge in [-0.2, -0.15) is 13.2 Å². The number of ether oxygens (including phenoxy) is 3. The van der Waals surface area contributed by atoms with Gasteiger partial charge in [-0.1, -0.05) is 30.3 Å². The van der Waals surface area contributed by atoms with Gasteiger partial charge in [-0.25, -0.2) is 0 Å². The minimum atomic E-state index is -4.74. The second kappa shape index (κ2) is 9.92. The number of piperidine rings is 1. The molecule has 1 aromatic carbocycles. The van der Waals surface area contributed by atoms with Crippen LogP contribution in [0.1, 0.15) is 32.8 Å². The first-order valence-corrected chi connectivity index (χ1v) is 9.42. The fourth-order valence-corrected chi connectivity index (χ4v) is 3.56. The van der Waals surface area contributed by atoms with Gasteiger partial charge in [0.25, 0.3) is 0 Å². The SMILES string of the molecule is CCOC(=O)[C@@H]1[C@@H](OC(C)=O)[C@@H](OC(C)=O)C[C@@H](C(F)(F)F)N1Cc1ccccc1. The van der Waals surface area contributed by atoms with Gasteiger partial charge in [0.05, 0.1) is 6.61 Å². The highest BCUT2D eigenvalue weighted by molar-refractivity contribution is 5.78. The third kappa shape index (κ3) is 5.94. The van der Waals surface area contributed by atoms with Crippen LogP contribution in [0.5, 0.6) is 0 Å². The van der Waals surface area contributed by atoms with E-state index in [0.717, 1.165) is 18.7 Å². The van der Waals surface area contributed by atoms with Crippen molar-refractivity contribution < 1.29 is 41.8 Å². The largest absolute Gasteiger partial charge is 0.465 e. The molecule has 1 heterocycles. The quantitative estimate of drug-likeness (QED) is 0.506. The molecule has 4 atom stereocenters. The summed E-state index contributed by atoms with van der Waals surface area (Å²) in [6, 6.07) is 4.53. The van der Waals surface area contributed by atoms with Gasteiger partial charge in [-0.15, -0.1) is 0 Å². The van der Waals surface area contributed by atoms with E-state index >= 15 is 0 Å². The van der Waals surface area contributed by atoms with Gasteiger partial charge < -0.3 is 14.2 Å². The zero-order chi connectivity index (χ0) is 22.5. The fourth-order valence-electron chi connectivity index (χ4n) is 3.56. The predicted molar refractivity (Wildman–Crippen MR) is 98.0 cm³/mol. The van der Waals surface area contributed by atoms with E-state index in [1.807, 2.05) is 0 Å². The predicted octanol–water partition coefficient (Wildman–Crippen LogP) is 2.62. The number of hydrogen-bond donors (Lipinski definition) is 0. The Morgan fingerprint density at radius 2 is 1.67 bits per heavy atom. The third-order valence-corrected chi connectivity index (χ3v) is 4.62. The standard InChI is InChI=1S/C20H24F3NO6/c1-4-28-19(27)17-18(30-13(3)26)15(29-12(2)25)10-16(20(21,22)23)24(17)11-14-8-6-5-7-9-14/h5-9,15-18H,4,10-11H2,1-3H3/t15-,16-,17-,18-/m0/s1. The Bertz CT molecular complexity index is 755. The number of esters is 3. The van der Waals surface area contributed by atoms with Crippen LogP contribution in [0.25, 0.3) is 0 Å². The Morgan fingerprint density at radius 3 is 2.17 bits per heavy atom. The third-order valence-electron chi connectivity index (χ3n) is 4.62. The summed E-state index contributed by atoms with van der Waals surface area (Å²) in [5.41, 5.74) is 0.522. The first kappa shape index (κ1) is 23.7. The van der Waals surface area contributed by atoms with E-state index in [1.165, 1.54) is 6.92 Å². The molecule has 0 radical (unpaired) electrons. The lowest BCUT2D eigenvalue weighted by Crippen LogP contribution is -2.66. The maximum Gasteiger partial charge on any atom is 0.404 e. The van der Waals surface area contributed by atoms with Gasteiger partial charge in [0, 0.05) is 26.8 Å². The number of carbonyl (C=O) groups excluding carboxylic acids is 3. The Morgan fingerprint density at radius 1 is 1.07 bits per heavy atom. The zero-order valence-electron chi connectivity index (χ0n) is 16.8. The number of nitrogens with zero attached hydrogens (tertiary/aromatic N) is 1. The molecule has 0 aromatic heterocycles. The number of hydrogen-bond acceptors (Lipinski definition) is 7. The molecule has 0 N–H and O–H groups in total. The highest BCUT2D eigenvalue weighted by Crippen LogP contribution is 2.38. The minimum absolute atomic E-state index is 0.0871. The van der Waals surface area contributed by atoms with Gasteiger partial charge in [-0.3, -0.25) is 19.3 Å². The van der Waals surface area contributed by atoms with Crippen molar-refractivity contribution in [2.24, 2.45) is 0 Å². The van der Waals surface area contributed by atoms with Gasteiger partial charge in [0.1, 0.15) is 12.1 Å². The summed E-state index contributed by atoms with van der Waals surface area (Å²) in [5, 5.41) is 0. The van der Waals surface area contributed by atoms with Crippen LogP contribution < -0.4 is 0 Å². The van der Waals surface area contributed by atoms with Crippen molar-refractivity contribution in [2.45, 2.75) is 64.2 Å². The van der Waals surface area contributed by atoms with Gasteiger partial charge in [0.2, 0.25) is 0 Å². The normalized spacial score (nSPS) is 24.7. The first-order chi connectivity index (χ1) is 14.0. The van der Waals surface area contributed by atoms with E-state index < -0.39 is 54.8 Å². The number of likely N-dealkylation sites (tertiary alicyclic amines) is 1. The van der Waals surface area contributed by atoms with Crippen LogP contribution in [0.3, 0.4) is 0 Å². The molecule has 1 fully saturated rings. The molecule has 0 amide bonds. The average Bonchev–Trinajstić information content (AvgIpc) is 2.63.